The Morgan fingerprint density at radius 3 is 2.76 bits per heavy atom. The van der Waals surface area contributed by atoms with E-state index in [1.807, 2.05) is 12.1 Å². The van der Waals surface area contributed by atoms with Gasteiger partial charge in [0.25, 0.3) is 5.91 Å². The second-order valence-electron chi connectivity index (χ2n) is 5.22. The Labute approximate surface area is 124 Å². The molecule has 0 unspecified atom stereocenters. The van der Waals surface area contributed by atoms with Crippen LogP contribution in [0.3, 0.4) is 0 Å². The van der Waals surface area contributed by atoms with E-state index in [1.54, 1.807) is 25.2 Å². The zero-order valence-corrected chi connectivity index (χ0v) is 12.5. The van der Waals surface area contributed by atoms with E-state index in [0.29, 0.717) is 31.0 Å². The fourth-order valence-electron chi connectivity index (χ4n) is 2.69. The number of piperidine rings is 1. The van der Waals surface area contributed by atoms with Gasteiger partial charge < -0.3 is 25.2 Å². The quantitative estimate of drug-likeness (QED) is 0.827. The molecule has 0 aliphatic carbocycles. The van der Waals surface area contributed by atoms with Gasteiger partial charge in [0.05, 0.1) is 14.2 Å². The normalized spacial score (nSPS) is 22.3. The van der Waals surface area contributed by atoms with Gasteiger partial charge in [0.15, 0.2) is 17.1 Å². The summed E-state index contributed by atoms with van der Waals surface area (Å²) >= 11 is 0. The molecule has 2 rings (SSSR count). The number of para-hydroxylation sites is 1. The van der Waals surface area contributed by atoms with Gasteiger partial charge in [-0.15, -0.1) is 0 Å². The van der Waals surface area contributed by atoms with Gasteiger partial charge in [-0.05, 0) is 18.9 Å². The summed E-state index contributed by atoms with van der Waals surface area (Å²) in [6, 6.07) is 5.53. The molecule has 0 spiro atoms. The topological polar surface area (TPSA) is 85.0 Å². The largest absolute Gasteiger partial charge is 0.493 e. The van der Waals surface area contributed by atoms with E-state index >= 15 is 0 Å². The van der Waals surface area contributed by atoms with Gasteiger partial charge in [-0.2, -0.15) is 0 Å². The molecule has 1 aliphatic heterocycles. The third kappa shape index (κ3) is 2.96. The van der Waals surface area contributed by atoms with E-state index in [1.165, 1.54) is 0 Å². The van der Waals surface area contributed by atoms with Gasteiger partial charge >= 0.3 is 0 Å². The number of rotatable bonds is 5. The van der Waals surface area contributed by atoms with Gasteiger partial charge in [-0.1, -0.05) is 12.1 Å². The molecule has 3 N–H and O–H groups in total. The molecule has 0 radical (unpaired) electrons. The summed E-state index contributed by atoms with van der Waals surface area (Å²) in [6.07, 6.45) is 1.14. The molecule has 116 valence electrons. The number of carbonyl (C=O) groups is 1. The van der Waals surface area contributed by atoms with E-state index in [4.69, 9.17) is 15.2 Å². The number of amides is 1. The molecule has 1 aromatic rings. The van der Waals surface area contributed by atoms with Crippen molar-refractivity contribution < 1.29 is 19.4 Å². The smallest absolute Gasteiger partial charge is 0.256 e. The fourth-order valence-corrected chi connectivity index (χ4v) is 2.69. The average molecular weight is 294 g/mol. The maximum atomic E-state index is 12.4. The first-order valence-corrected chi connectivity index (χ1v) is 6.97. The number of carbonyl (C=O) groups excluding carboxylic acids is 1. The lowest BCUT2D eigenvalue weighted by Gasteiger charge is -2.37. The number of hydrogen-bond donors (Lipinski definition) is 2. The zero-order chi connectivity index (χ0) is 15.5. The van der Waals surface area contributed by atoms with E-state index < -0.39 is 5.60 Å². The number of hydrogen-bond acceptors (Lipinski definition) is 5. The third-order valence-electron chi connectivity index (χ3n) is 3.89. The van der Waals surface area contributed by atoms with Crippen molar-refractivity contribution in [1.82, 2.24) is 4.90 Å². The number of likely N-dealkylation sites (tertiary alicyclic amines) is 1. The molecule has 1 saturated heterocycles. The summed E-state index contributed by atoms with van der Waals surface area (Å²) in [4.78, 5) is 14.0. The van der Waals surface area contributed by atoms with E-state index in [0.717, 1.165) is 12.0 Å². The Morgan fingerprint density at radius 2 is 2.14 bits per heavy atom. The molecule has 1 fully saturated rings. The van der Waals surface area contributed by atoms with Crippen LogP contribution in [-0.4, -0.2) is 48.8 Å². The number of aliphatic hydroxyl groups is 1. The maximum Gasteiger partial charge on any atom is 0.256 e. The van der Waals surface area contributed by atoms with Crippen LogP contribution >= 0.6 is 0 Å². The van der Waals surface area contributed by atoms with Crippen molar-refractivity contribution in [2.24, 2.45) is 5.73 Å². The monoisotopic (exact) mass is 294 g/mol. The highest BCUT2D eigenvalue weighted by Gasteiger charge is 2.41. The summed E-state index contributed by atoms with van der Waals surface area (Å²) in [5.74, 6) is 0.907. The van der Waals surface area contributed by atoms with Crippen molar-refractivity contribution in [2.45, 2.75) is 25.0 Å². The number of benzene rings is 1. The Kier molecular flexibility index (Phi) is 4.69. The standard InChI is InChI=1S/C15H22N2O4/c1-20-12-6-3-5-11(13(12)21-2)9-17-8-4-7-15(19,10-16)14(17)18/h3,5-6,19H,4,7-10,16H2,1-2H3/t15-/m0/s1. The number of ether oxygens (including phenoxy) is 2. The highest BCUT2D eigenvalue weighted by Crippen LogP contribution is 2.33. The minimum absolute atomic E-state index is 0.0580. The average Bonchev–Trinajstić information content (AvgIpc) is 2.51. The van der Waals surface area contributed by atoms with Crippen molar-refractivity contribution in [3.63, 3.8) is 0 Å². The predicted octanol–water partition coefficient (Wildman–Crippen LogP) is 0.516. The van der Waals surface area contributed by atoms with Crippen LogP contribution in [0.25, 0.3) is 0 Å². The molecule has 21 heavy (non-hydrogen) atoms. The molecule has 6 heteroatoms. The van der Waals surface area contributed by atoms with Gasteiger partial charge in [0.1, 0.15) is 0 Å². The van der Waals surface area contributed by atoms with Gasteiger partial charge in [-0.25, -0.2) is 0 Å². The lowest BCUT2D eigenvalue weighted by atomic mass is 9.91. The minimum Gasteiger partial charge on any atom is -0.493 e. The molecule has 6 nitrogen and oxygen atoms in total. The fraction of sp³-hybridized carbons (Fsp3) is 0.533. The van der Waals surface area contributed by atoms with Crippen LogP contribution in [0, 0.1) is 0 Å². The molecular weight excluding hydrogens is 272 g/mol. The second-order valence-corrected chi connectivity index (χ2v) is 5.22. The highest BCUT2D eigenvalue weighted by atomic mass is 16.5. The van der Waals surface area contributed by atoms with Gasteiger partial charge in [0, 0.05) is 25.2 Å². The summed E-state index contributed by atoms with van der Waals surface area (Å²) in [6.45, 7) is 0.903. The number of nitrogens with two attached hydrogens (primary N) is 1. The van der Waals surface area contributed by atoms with Crippen LogP contribution in [0.1, 0.15) is 18.4 Å². The minimum atomic E-state index is -1.44. The molecule has 1 amide bonds. The van der Waals surface area contributed by atoms with E-state index in [-0.39, 0.29) is 12.5 Å². The van der Waals surface area contributed by atoms with Crippen LogP contribution in [0.5, 0.6) is 11.5 Å². The predicted molar refractivity (Wildman–Crippen MR) is 78.2 cm³/mol. The molecular formula is C15H22N2O4. The van der Waals surface area contributed by atoms with Crippen molar-refractivity contribution in [2.75, 3.05) is 27.3 Å². The molecule has 0 saturated carbocycles. The summed E-state index contributed by atoms with van der Waals surface area (Å²) < 4.78 is 10.6. The molecule has 0 bridgehead atoms. The van der Waals surface area contributed by atoms with E-state index in [2.05, 4.69) is 0 Å². The first kappa shape index (κ1) is 15.6. The Bertz CT molecular complexity index is 520. The Morgan fingerprint density at radius 1 is 1.38 bits per heavy atom. The first-order valence-electron chi connectivity index (χ1n) is 6.97. The zero-order valence-electron chi connectivity index (χ0n) is 12.5. The lowest BCUT2D eigenvalue weighted by molar-refractivity contribution is -0.156. The molecule has 1 atom stereocenters. The molecule has 0 aromatic heterocycles. The van der Waals surface area contributed by atoms with Crippen molar-refractivity contribution in [1.29, 1.82) is 0 Å². The van der Waals surface area contributed by atoms with Crippen LogP contribution < -0.4 is 15.2 Å². The first-order chi connectivity index (χ1) is 10.1. The van der Waals surface area contributed by atoms with Crippen LogP contribution in [0.4, 0.5) is 0 Å². The SMILES string of the molecule is COc1cccc(CN2CCC[C@](O)(CN)C2=O)c1OC. The second kappa shape index (κ2) is 6.32. The van der Waals surface area contributed by atoms with Gasteiger partial charge in [0.2, 0.25) is 0 Å². The molecule has 1 aliphatic rings. The highest BCUT2D eigenvalue weighted by molar-refractivity contribution is 5.86. The summed E-state index contributed by atoms with van der Waals surface area (Å²) in [7, 11) is 3.14. The number of methoxy groups -OCH3 is 2. The van der Waals surface area contributed by atoms with Crippen LogP contribution in [0.15, 0.2) is 18.2 Å². The van der Waals surface area contributed by atoms with Crippen LogP contribution in [-0.2, 0) is 11.3 Å². The Balaban J connectivity index is 2.24. The maximum absolute atomic E-state index is 12.4. The lowest BCUT2D eigenvalue weighted by Crippen LogP contribution is -2.56. The Hall–Kier alpha value is -1.79. The third-order valence-corrected chi connectivity index (χ3v) is 3.89. The van der Waals surface area contributed by atoms with Crippen molar-refractivity contribution in [3.8, 4) is 11.5 Å². The summed E-state index contributed by atoms with van der Waals surface area (Å²) in [5.41, 5.74) is 4.94. The van der Waals surface area contributed by atoms with Crippen LogP contribution in [0.2, 0.25) is 0 Å². The number of nitrogens with zero attached hydrogens (tertiary/aromatic N) is 1. The van der Waals surface area contributed by atoms with Gasteiger partial charge in [-0.3, -0.25) is 4.79 Å². The molecule has 1 heterocycles. The van der Waals surface area contributed by atoms with E-state index in [9.17, 15) is 9.90 Å². The van der Waals surface area contributed by atoms with Crippen molar-refractivity contribution >= 4 is 5.91 Å². The molecule has 1 aromatic carbocycles. The van der Waals surface area contributed by atoms with Crippen molar-refractivity contribution in [3.05, 3.63) is 23.8 Å². The summed E-state index contributed by atoms with van der Waals surface area (Å²) in [5, 5.41) is 10.3.